The molecule has 3 aliphatic rings. The number of likely N-dealkylation sites (N-methyl/N-ethyl adjacent to an activating group) is 1. The van der Waals surface area contributed by atoms with E-state index in [9.17, 15) is 35.4 Å². The van der Waals surface area contributed by atoms with Gasteiger partial charge in [0.2, 0.25) is 11.4 Å². The smallest absolute Gasteiger partial charge is 0.351 e. The van der Waals surface area contributed by atoms with Gasteiger partial charge in [-0.3, -0.25) is 9.22 Å². The van der Waals surface area contributed by atoms with Crippen molar-refractivity contribution in [3.63, 3.8) is 0 Å². The average molecular weight is 473 g/mol. The molecule has 2 bridgehead atoms. The van der Waals surface area contributed by atoms with Crippen LogP contribution in [0.25, 0.3) is 0 Å². The lowest BCUT2D eigenvalue weighted by molar-refractivity contribution is -1.04. The van der Waals surface area contributed by atoms with E-state index in [0.717, 1.165) is 22.7 Å². The highest BCUT2D eigenvalue weighted by atomic mass is 32.1. The monoisotopic (exact) mass is 472 g/mol. The normalized spacial score (nSPS) is 42.8. The first kappa shape index (κ1) is 21.4. The van der Waals surface area contributed by atoms with E-state index in [0.29, 0.717) is 0 Å². The van der Waals surface area contributed by atoms with Crippen LogP contribution < -0.4 is 0 Å². The average Bonchev–Trinajstić information content (AvgIpc) is 3.18. The third-order valence-electron chi connectivity index (χ3n) is 7.03. The zero-order chi connectivity index (χ0) is 22.7. The fraction of sp³-hybridized carbons (Fsp3) is 0.526. The summed E-state index contributed by atoms with van der Waals surface area (Å²) in [6, 6.07) is 6.36. The summed E-state index contributed by atoms with van der Waals surface area (Å²) in [5.74, 6) is -8.91. The van der Waals surface area contributed by atoms with Gasteiger partial charge in [-0.2, -0.15) is 0 Å². The molecule has 0 aromatic carbocycles. The fourth-order valence-corrected chi connectivity index (χ4v) is 6.75. The van der Waals surface area contributed by atoms with Crippen LogP contribution in [-0.2, 0) is 19.9 Å². The SMILES string of the molecule is C[N+]1(C)C2(O)CC(O)(OC(=O)C(O)(c3cccs3)c3cccs3)CC1(O)C1(O)OC12O. The summed E-state index contributed by atoms with van der Waals surface area (Å²) in [7, 11) is 2.70. The molecule has 10 nitrogen and oxygen atoms in total. The minimum atomic E-state index is -2.58. The zero-order valence-corrected chi connectivity index (χ0v) is 18.2. The summed E-state index contributed by atoms with van der Waals surface area (Å²) in [5.41, 5.74) is -7.08. The van der Waals surface area contributed by atoms with Gasteiger partial charge in [-0.15, -0.1) is 22.7 Å². The molecule has 3 saturated heterocycles. The molecule has 0 aliphatic carbocycles. The van der Waals surface area contributed by atoms with Gasteiger partial charge in [0.1, 0.15) is 12.8 Å². The van der Waals surface area contributed by atoms with Crippen LogP contribution in [0.1, 0.15) is 22.6 Å². The first-order chi connectivity index (χ1) is 14.2. The molecule has 5 heterocycles. The van der Waals surface area contributed by atoms with E-state index in [-0.39, 0.29) is 9.75 Å². The van der Waals surface area contributed by atoms with Gasteiger partial charge in [-0.25, -0.2) is 4.79 Å². The van der Waals surface area contributed by atoms with E-state index < -0.39 is 57.7 Å². The standard InChI is InChI=1S/C19H22NO9S2/c1-20(2)15(23)9-14(22,10-16(20,24)19(27)18(15,26)29-19)28-13(21)17(25,11-5-3-7-30-11)12-6-4-8-31-12/h3-8,22-27H,9-10H2,1-2H3/q+1. The molecule has 31 heavy (non-hydrogen) atoms. The summed E-state index contributed by atoms with van der Waals surface area (Å²) >= 11 is 2.22. The maximum Gasteiger partial charge on any atom is 0.351 e. The number of piperidine rings is 1. The molecule has 2 aromatic heterocycles. The second-order valence-electron chi connectivity index (χ2n) is 8.83. The number of nitrogens with zero attached hydrogens (tertiary/aromatic N) is 1. The number of epoxide rings is 1. The number of quaternary nitrogens is 1. The van der Waals surface area contributed by atoms with Gasteiger partial charge in [0.25, 0.3) is 11.4 Å². The number of esters is 1. The van der Waals surface area contributed by atoms with Crippen LogP contribution in [0.5, 0.6) is 0 Å². The van der Waals surface area contributed by atoms with Crippen molar-refractivity contribution < 1.29 is 49.4 Å². The van der Waals surface area contributed by atoms with Crippen molar-refractivity contribution in [2.45, 2.75) is 47.3 Å². The van der Waals surface area contributed by atoms with Crippen molar-refractivity contribution in [2.24, 2.45) is 0 Å². The quantitative estimate of drug-likeness (QED) is 0.141. The highest BCUT2D eigenvalue weighted by molar-refractivity contribution is 7.12. The minimum absolute atomic E-state index is 0.249. The van der Waals surface area contributed by atoms with Gasteiger partial charge in [0.05, 0.1) is 23.8 Å². The maximum atomic E-state index is 13.2. The Hall–Kier alpha value is -1.45. The summed E-state index contributed by atoms with van der Waals surface area (Å²) in [6.45, 7) is 0. The van der Waals surface area contributed by atoms with Crippen molar-refractivity contribution in [1.29, 1.82) is 0 Å². The number of carbonyl (C=O) groups is 1. The van der Waals surface area contributed by atoms with Crippen LogP contribution in [0.2, 0.25) is 0 Å². The highest BCUT2D eigenvalue weighted by Crippen LogP contribution is 2.73. The predicted molar refractivity (Wildman–Crippen MR) is 105 cm³/mol. The van der Waals surface area contributed by atoms with Crippen LogP contribution >= 0.6 is 22.7 Å². The Morgan fingerprint density at radius 3 is 1.84 bits per heavy atom. The molecule has 0 radical (unpaired) electrons. The number of thiophene rings is 2. The van der Waals surface area contributed by atoms with Crippen LogP contribution in [0, 0.1) is 0 Å². The number of morpholine rings is 1. The van der Waals surface area contributed by atoms with Gasteiger partial charge in [-0.1, -0.05) is 12.1 Å². The van der Waals surface area contributed by atoms with Crippen molar-refractivity contribution in [1.82, 2.24) is 0 Å². The molecule has 5 rings (SSSR count). The van der Waals surface area contributed by atoms with Gasteiger partial charge < -0.3 is 35.4 Å². The highest BCUT2D eigenvalue weighted by Gasteiger charge is 3.05. The second kappa shape index (κ2) is 5.72. The number of fused-ring (bicyclic) bond motifs is 5. The molecule has 12 heteroatoms. The summed E-state index contributed by atoms with van der Waals surface area (Å²) in [6.07, 6.45) is -1.57. The summed E-state index contributed by atoms with van der Waals surface area (Å²) in [5, 5.41) is 69.7. The number of aliphatic hydroxyl groups is 6. The first-order valence-corrected chi connectivity index (χ1v) is 11.2. The molecule has 168 valence electrons. The topological polar surface area (TPSA) is 160 Å². The summed E-state index contributed by atoms with van der Waals surface area (Å²) in [4.78, 5) is 13.7. The van der Waals surface area contributed by atoms with Gasteiger partial charge in [0, 0.05) is 0 Å². The molecule has 4 atom stereocenters. The molecular formula is C19H22NO9S2+. The van der Waals surface area contributed by atoms with E-state index in [2.05, 4.69) is 0 Å². The van der Waals surface area contributed by atoms with E-state index in [1.165, 1.54) is 26.2 Å². The Labute approximate surface area is 184 Å². The number of hydrogen-bond acceptors (Lipinski definition) is 11. The van der Waals surface area contributed by atoms with E-state index >= 15 is 0 Å². The molecule has 3 fully saturated rings. The maximum absolute atomic E-state index is 13.2. The molecular weight excluding hydrogens is 450 g/mol. The number of ether oxygens (including phenoxy) is 2. The zero-order valence-electron chi connectivity index (χ0n) is 16.6. The Morgan fingerprint density at radius 2 is 1.45 bits per heavy atom. The van der Waals surface area contributed by atoms with E-state index in [4.69, 9.17) is 9.47 Å². The molecule has 0 saturated carbocycles. The third kappa shape index (κ3) is 2.16. The largest absolute Gasteiger partial charge is 0.430 e. The summed E-state index contributed by atoms with van der Waals surface area (Å²) < 4.78 is 9.52. The Bertz CT molecular complexity index is 990. The fourth-order valence-electron chi connectivity index (χ4n) is 5.04. The molecule has 3 aliphatic heterocycles. The first-order valence-electron chi connectivity index (χ1n) is 9.41. The van der Waals surface area contributed by atoms with Crippen molar-refractivity contribution >= 4 is 28.6 Å². The molecule has 6 N–H and O–H groups in total. The molecule has 0 amide bonds. The lowest BCUT2D eigenvalue weighted by atomic mass is 9.87. The number of rotatable bonds is 4. The van der Waals surface area contributed by atoms with Crippen molar-refractivity contribution in [3.8, 4) is 0 Å². The Balaban J connectivity index is 1.53. The van der Waals surface area contributed by atoms with Gasteiger partial charge in [0.15, 0.2) is 0 Å². The van der Waals surface area contributed by atoms with Crippen molar-refractivity contribution in [2.75, 3.05) is 14.1 Å². The van der Waals surface area contributed by atoms with Crippen LogP contribution in [0.15, 0.2) is 35.0 Å². The second-order valence-corrected chi connectivity index (χ2v) is 10.7. The van der Waals surface area contributed by atoms with Gasteiger partial charge in [-0.05, 0) is 22.9 Å². The lowest BCUT2D eigenvalue weighted by Crippen LogP contribution is -2.78. The van der Waals surface area contributed by atoms with Crippen molar-refractivity contribution in [3.05, 3.63) is 44.8 Å². The minimum Gasteiger partial charge on any atom is -0.430 e. The van der Waals surface area contributed by atoms with Crippen LogP contribution in [0.3, 0.4) is 0 Å². The molecule has 2 aromatic rings. The molecule has 4 unspecified atom stereocenters. The molecule has 0 spiro atoms. The Kier molecular flexibility index (Phi) is 3.95. The van der Waals surface area contributed by atoms with E-state index in [1.54, 1.807) is 22.9 Å². The Morgan fingerprint density at radius 1 is 1.00 bits per heavy atom. The predicted octanol–water partition coefficient (Wildman–Crippen LogP) is -1.05. The lowest BCUT2D eigenvalue weighted by Gasteiger charge is -2.55. The third-order valence-corrected chi connectivity index (χ3v) is 8.98. The van der Waals surface area contributed by atoms with Crippen LogP contribution in [0.4, 0.5) is 0 Å². The van der Waals surface area contributed by atoms with Gasteiger partial charge >= 0.3 is 17.5 Å². The van der Waals surface area contributed by atoms with Crippen LogP contribution in [-0.4, -0.2) is 84.0 Å². The number of carbonyl (C=O) groups excluding carboxylic acids is 1. The number of hydrogen-bond donors (Lipinski definition) is 6. The van der Waals surface area contributed by atoms with E-state index in [1.807, 2.05) is 0 Å².